The predicted octanol–water partition coefficient (Wildman–Crippen LogP) is 2.00. The van der Waals surface area contributed by atoms with Gasteiger partial charge in [-0.05, 0) is 6.08 Å². The third-order valence-electron chi connectivity index (χ3n) is 0.218. The van der Waals surface area contributed by atoms with E-state index in [1.54, 1.807) is 0 Å². The second kappa shape index (κ2) is 3.09. The van der Waals surface area contributed by atoms with Gasteiger partial charge in [-0.2, -0.15) is 0 Å². The number of alkyl halides is 2. The van der Waals surface area contributed by atoms with E-state index in [9.17, 15) is 8.78 Å². The van der Waals surface area contributed by atoms with Gasteiger partial charge in [-0.25, -0.2) is 8.78 Å². The highest BCUT2D eigenvalue weighted by molar-refractivity contribution is 6.25. The molecule has 0 unspecified atom stereocenters. The van der Waals surface area contributed by atoms with Crippen molar-refractivity contribution >= 4 is 11.6 Å². The van der Waals surface area contributed by atoms with Gasteiger partial charge in [0, 0.05) is 5.54 Å². The molecule has 0 bridgehead atoms. The average Bonchev–Trinajstić information content (AvgIpc) is 1.35. The van der Waals surface area contributed by atoms with Crippen molar-refractivity contribution in [3.8, 4) is 0 Å². The largest absolute Gasteiger partial charge is 0.258 e. The molecule has 0 aliphatic carbocycles. The van der Waals surface area contributed by atoms with Crippen LogP contribution in [0.3, 0.4) is 0 Å². The summed E-state index contributed by atoms with van der Waals surface area (Å²) in [5, 5.41) is 0. The van der Waals surface area contributed by atoms with Gasteiger partial charge in [0.2, 0.25) is 0 Å². The SMILES string of the molecule is FC(F)C=CCl. The van der Waals surface area contributed by atoms with Crippen LogP contribution in [0.5, 0.6) is 0 Å². The van der Waals surface area contributed by atoms with Crippen LogP contribution < -0.4 is 0 Å². The van der Waals surface area contributed by atoms with Crippen molar-refractivity contribution in [2.75, 3.05) is 0 Å². The molecule has 0 saturated heterocycles. The van der Waals surface area contributed by atoms with Gasteiger partial charge in [0.15, 0.2) is 0 Å². The molecule has 3 heteroatoms. The second-order valence-electron chi connectivity index (χ2n) is 0.653. The lowest BCUT2D eigenvalue weighted by Crippen LogP contribution is -1.76. The van der Waals surface area contributed by atoms with Crippen LogP contribution in [-0.4, -0.2) is 6.43 Å². The van der Waals surface area contributed by atoms with Crippen LogP contribution in [0, 0.1) is 0 Å². The van der Waals surface area contributed by atoms with E-state index in [4.69, 9.17) is 11.6 Å². The fourth-order valence-electron chi connectivity index (χ4n) is 0.0550. The van der Waals surface area contributed by atoms with Crippen molar-refractivity contribution in [3.63, 3.8) is 0 Å². The summed E-state index contributed by atoms with van der Waals surface area (Å²) in [5.41, 5.74) is 0.796. The van der Waals surface area contributed by atoms with Gasteiger partial charge in [-0.3, -0.25) is 0 Å². The number of rotatable bonds is 1. The van der Waals surface area contributed by atoms with Crippen molar-refractivity contribution in [3.05, 3.63) is 11.6 Å². The highest BCUT2D eigenvalue weighted by Gasteiger charge is 1.88. The first-order chi connectivity index (χ1) is 2.77. The third-order valence-corrected chi connectivity index (χ3v) is 0.364. The Kier molecular flexibility index (Phi) is 3.04. The van der Waals surface area contributed by atoms with Crippen molar-refractivity contribution in [2.45, 2.75) is 6.43 Å². The van der Waals surface area contributed by atoms with Crippen molar-refractivity contribution in [1.82, 2.24) is 0 Å². The summed E-state index contributed by atoms with van der Waals surface area (Å²) in [6.07, 6.45) is -1.82. The molecule has 0 spiro atoms. The van der Waals surface area contributed by atoms with E-state index in [0.29, 0.717) is 6.08 Å². The molecule has 0 atom stereocenters. The summed E-state index contributed by atoms with van der Waals surface area (Å²) in [5.74, 6) is 0. The van der Waals surface area contributed by atoms with Crippen LogP contribution in [0.25, 0.3) is 0 Å². The van der Waals surface area contributed by atoms with Crippen LogP contribution in [-0.2, 0) is 0 Å². The molecule has 36 valence electrons. The topological polar surface area (TPSA) is 0 Å². The number of hydrogen-bond acceptors (Lipinski definition) is 0. The molecule has 0 nitrogen and oxygen atoms in total. The van der Waals surface area contributed by atoms with Gasteiger partial charge in [0.25, 0.3) is 6.43 Å². The maximum atomic E-state index is 10.9. The van der Waals surface area contributed by atoms with Gasteiger partial charge in [0.05, 0.1) is 0 Å². The molecule has 0 rings (SSSR count). The predicted molar refractivity (Wildman–Crippen MR) is 21.0 cm³/mol. The molecule has 6 heavy (non-hydrogen) atoms. The summed E-state index contributed by atoms with van der Waals surface area (Å²) in [7, 11) is 0. The fraction of sp³-hybridized carbons (Fsp3) is 0.333. The Hall–Kier alpha value is -0.110. The highest BCUT2D eigenvalue weighted by Crippen LogP contribution is 1.93. The van der Waals surface area contributed by atoms with Crippen molar-refractivity contribution in [2.24, 2.45) is 0 Å². The average molecular weight is 113 g/mol. The van der Waals surface area contributed by atoms with E-state index in [0.717, 1.165) is 5.54 Å². The fourth-order valence-corrected chi connectivity index (χ4v) is 0.165. The summed E-state index contributed by atoms with van der Waals surface area (Å²) in [6.45, 7) is 0. The van der Waals surface area contributed by atoms with Gasteiger partial charge in [0.1, 0.15) is 0 Å². The van der Waals surface area contributed by atoms with E-state index < -0.39 is 6.43 Å². The van der Waals surface area contributed by atoms with Gasteiger partial charge >= 0.3 is 0 Å². The first-order valence-electron chi connectivity index (χ1n) is 1.32. The summed E-state index contributed by atoms with van der Waals surface area (Å²) >= 11 is 4.74. The molecule has 0 N–H and O–H groups in total. The lowest BCUT2D eigenvalue weighted by molar-refractivity contribution is 0.204. The number of allylic oxidation sites excluding steroid dienone is 1. The van der Waals surface area contributed by atoms with Gasteiger partial charge < -0.3 is 0 Å². The van der Waals surface area contributed by atoms with E-state index in [1.807, 2.05) is 0 Å². The third kappa shape index (κ3) is 3.89. The first kappa shape index (κ1) is 5.89. The molecule has 0 amide bonds. The molecule has 0 saturated carbocycles. The monoisotopic (exact) mass is 112 g/mol. The van der Waals surface area contributed by atoms with Gasteiger partial charge in [-0.15, -0.1) is 0 Å². The minimum Gasteiger partial charge on any atom is -0.206 e. The molecule has 0 aliphatic rings. The summed E-state index contributed by atoms with van der Waals surface area (Å²) in [4.78, 5) is 0. The molecular formula is C3H3ClF2. The normalized spacial score (nSPS) is 11.3. The Morgan fingerprint density at radius 2 is 2.00 bits per heavy atom. The second-order valence-corrected chi connectivity index (χ2v) is 0.905. The molecule has 0 radical (unpaired) electrons. The van der Waals surface area contributed by atoms with Crippen molar-refractivity contribution < 1.29 is 8.78 Å². The maximum absolute atomic E-state index is 10.9. The summed E-state index contributed by atoms with van der Waals surface area (Å²) < 4.78 is 21.7. The van der Waals surface area contributed by atoms with Crippen LogP contribution in [0.4, 0.5) is 8.78 Å². The van der Waals surface area contributed by atoms with E-state index >= 15 is 0 Å². The van der Waals surface area contributed by atoms with Crippen molar-refractivity contribution in [1.29, 1.82) is 0 Å². The molecule has 0 aromatic heterocycles. The lowest BCUT2D eigenvalue weighted by Gasteiger charge is -1.77. The van der Waals surface area contributed by atoms with Crippen LogP contribution in [0.1, 0.15) is 0 Å². The van der Waals surface area contributed by atoms with E-state index in [2.05, 4.69) is 0 Å². The van der Waals surface area contributed by atoms with Crippen LogP contribution in [0.15, 0.2) is 11.6 Å². The van der Waals surface area contributed by atoms with Crippen LogP contribution >= 0.6 is 11.6 Å². The molecule has 0 heterocycles. The first-order valence-corrected chi connectivity index (χ1v) is 1.76. The zero-order chi connectivity index (χ0) is 4.99. The Bertz CT molecular complexity index is 50.8. The van der Waals surface area contributed by atoms with Gasteiger partial charge in [-0.1, -0.05) is 11.6 Å². The molecular weight excluding hydrogens is 109 g/mol. The Morgan fingerprint density at radius 3 is 2.00 bits per heavy atom. The smallest absolute Gasteiger partial charge is 0.206 e. The molecule has 0 aromatic carbocycles. The Morgan fingerprint density at radius 1 is 1.50 bits per heavy atom. The highest BCUT2D eigenvalue weighted by atomic mass is 35.5. The molecule has 0 aliphatic heterocycles. The number of hydrogen-bond donors (Lipinski definition) is 0. The minimum absolute atomic E-state index is 0.599. The molecule has 0 aromatic rings. The summed E-state index contributed by atoms with van der Waals surface area (Å²) in [6, 6.07) is 0. The lowest BCUT2D eigenvalue weighted by atomic mass is 10.7. The Labute approximate surface area is 39.4 Å². The van der Waals surface area contributed by atoms with Crippen LogP contribution in [0.2, 0.25) is 0 Å². The van der Waals surface area contributed by atoms with E-state index in [1.165, 1.54) is 0 Å². The quantitative estimate of drug-likeness (QED) is 0.487. The minimum atomic E-state index is -2.41. The molecule has 0 fully saturated rings. The maximum Gasteiger partial charge on any atom is 0.258 e. The standard InChI is InChI=1S/C3H3ClF2/c4-2-1-3(5)6/h1-3H. The zero-order valence-corrected chi connectivity index (χ0v) is 3.62. The number of halogens is 3. The van der Waals surface area contributed by atoms with E-state index in [-0.39, 0.29) is 0 Å². The Balaban J connectivity index is 3.03. The zero-order valence-electron chi connectivity index (χ0n) is 2.87.